The molecule has 0 aromatic heterocycles. The predicted molar refractivity (Wildman–Crippen MR) is 32.7 cm³/mol. The monoisotopic (exact) mass is 146 g/mol. The van der Waals surface area contributed by atoms with E-state index in [1.807, 2.05) is 0 Å². The first-order valence-corrected chi connectivity index (χ1v) is 3.27. The lowest BCUT2D eigenvalue weighted by molar-refractivity contribution is 0.0493. The van der Waals surface area contributed by atoms with E-state index in [1.54, 1.807) is 0 Å². The van der Waals surface area contributed by atoms with Crippen LogP contribution in [-0.4, -0.2) is 32.6 Å². The Kier molecular flexibility index (Phi) is 3.02. The van der Waals surface area contributed by atoms with Gasteiger partial charge in [-0.05, 0) is 0 Å². The van der Waals surface area contributed by atoms with Crippen molar-refractivity contribution in [3.63, 3.8) is 0 Å². The molecule has 0 spiro atoms. The van der Waals surface area contributed by atoms with E-state index in [1.165, 1.54) is 0 Å². The fourth-order valence-corrected chi connectivity index (χ4v) is 0.644. The summed E-state index contributed by atoms with van der Waals surface area (Å²) in [7, 11) is 0. The zero-order chi connectivity index (χ0) is 7.23. The first kappa shape index (κ1) is 7.34. The summed E-state index contributed by atoms with van der Waals surface area (Å²) in [4.78, 5) is 10.5. The number of ether oxygens (including phenoxy) is 3. The quantitative estimate of drug-likeness (QED) is 0.468. The Morgan fingerprint density at radius 3 is 2.70 bits per heavy atom. The van der Waals surface area contributed by atoms with E-state index in [0.29, 0.717) is 26.4 Å². The molecule has 1 aliphatic rings. The van der Waals surface area contributed by atoms with Crippen molar-refractivity contribution < 1.29 is 19.0 Å². The number of cyclic esters (lactones) is 2. The minimum atomic E-state index is -0.592. The molecule has 0 N–H and O–H groups in total. The fourth-order valence-electron chi connectivity index (χ4n) is 0.644. The molecule has 0 aromatic carbocycles. The van der Waals surface area contributed by atoms with Gasteiger partial charge in [0.2, 0.25) is 0 Å². The Labute approximate surface area is 59.1 Å². The molecular weight excluding hydrogens is 136 g/mol. The molecule has 1 rings (SSSR count). The van der Waals surface area contributed by atoms with Crippen LogP contribution in [-0.2, 0) is 14.2 Å². The number of hydrogen-bond donors (Lipinski definition) is 0. The molecule has 1 heterocycles. The molecule has 0 radical (unpaired) electrons. The lowest BCUT2D eigenvalue weighted by atomic mass is 10.5. The van der Waals surface area contributed by atoms with Crippen LogP contribution in [0.5, 0.6) is 0 Å². The van der Waals surface area contributed by atoms with Crippen molar-refractivity contribution in [3.8, 4) is 0 Å². The van der Waals surface area contributed by atoms with Gasteiger partial charge in [0.1, 0.15) is 6.61 Å². The SMILES string of the molecule is O=C1OCCCOCCO1. The van der Waals surface area contributed by atoms with Gasteiger partial charge in [0.15, 0.2) is 0 Å². The molecule has 0 unspecified atom stereocenters. The number of carbonyl (C=O) groups excluding carboxylic acids is 1. The van der Waals surface area contributed by atoms with Crippen LogP contribution < -0.4 is 0 Å². The van der Waals surface area contributed by atoms with Crippen molar-refractivity contribution in [2.45, 2.75) is 6.42 Å². The third-order valence-electron chi connectivity index (χ3n) is 1.10. The molecule has 58 valence electrons. The highest BCUT2D eigenvalue weighted by atomic mass is 16.7. The van der Waals surface area contributed by atoms with Crippen LogP contribution in [0.15, 0.2) is 0 Å². The van der Waals surface area contributed by atoms with Crippen molar-refractivity contribution in [1.82, 2.24) is 0 Å². The maximum Gasteiger partial charge on any atom is 0.508 e. The van der Waals surface area contributed by atoms with Gasteiger partial charge >= 0.3 is 6.16 Å². The number of rotatable bonds is 0. The molecule has 0 saturated carbocycles. The predicted octanol–water partition coefficient (Wildman–Crippen LogP) is 0.560. The van der Waals surface area contributed by atoms with Crippen molar-refractivity contribution >= 4 is 6.16 Å². The van der Waals surface area contributed by atoms with Gasteiger partial charge in [-0.2, -0.15) is 0 Å². The van der Waals surface area contributed by atoms with Crippen molar-refractivity contribution in [3.05, 3.63) is 0 Å². The van der Waals surface area contributed by atoms with Crippen LogP contribution in [0.25, 0.3) is 0 Å². The van der Waals surface area contributed by atoms with Gasteiger partial charge in [-0.1, -0.05) is 0 Å². The molecule has 4 nitrogen and oxygen atoms in total. The maximum absolute atomic E-state index is 10.5. The van der Waals surface area contributed by atoms with E-state index < -0.39 is 6.16 Å². The first-order valence-electron chi connectivity index (χ1n) is 3.27. The summed E-state index contributed by atoms with van der Waals surface area (Å²) in [6, 6.07) is 0. The standard InChI is InChI=1S/C6H10O4/c7-6-9-3-1-2-8-4-5-10-6/h1-5H2. The Morgan fingerprint density at radius 2 is 1.80 bits per heavy atom. The highest BCUT2D eigenvalue weighted by Crippen LogP contribution is 1.93. The zero-order valence-corrected chi connectivity index (χ0v) is 5.67. The molecule has 10 heavy (non-hydrogen) atoms. The van der Waals surface area contributed by atoms with Crippen LogP contribution in [0.1, 0.15) is 6.42 Å². The highest BCUT2D eigenvalue weighted by molar-refractivity contribution is 5.59. The molecule has 1 saturated heterocycles. The summed E-state index contributed by atoms with van der Waals surface area (Å²) in [5, 5.41) is 0. The Hall–Kier alpha value is -0.770. The van der Waals surface area contributed by atoms with Gasteiger partial charge in [-0.15, -0.1) is 0 Å². The summed E-state index contributed by atoms with van der Waals surface area (Å²) in [5.41, 5.74) is 0. The first-order chi connectivity index (χ1) is 4.89. The van der Waals surface area contributed by atoms with E-state index in [0.717, 1.165) is 6.42 Å². The smallest absolute Gasteiger partial charge is 0.434 e. The van der Waals surface area contributed by atoms with Gasteiger partial charge in [0.25, 0.3) is 0 Å². The third kappa shape index (κ3) is 2.68. The average molecular weight is 146 g/mol. The second kappa shape index (κ2) is 4.11. The summed E-state index contributed by atoms with van der Waals surface area (Å²) in [6.45, 7) is 1.78. The lowest BCUT2D eigenvalue weighted by Crippen LogP contribution is -2.09. The van der Waals surface area contributed by atoms with Gasteiger partial charge in [-0.25, -0.2) is 4.79 Å². The molecule has 1 fully saturated rings. The summed E-state index contributed by atoms with van der Waals surface area (Å²) in [5.74, 6) is 0. The van der Waals surface area contributed by atoms with Crippen LogP contribution in [0.4, 0.5) is 4.79 Å². The Balaban J connectivity index is 2.21. The molecule has 4 heteroatoms. The zero-order valence-electron chi connectivity index (χ0n) is 5.67. The largest absolute Gasteiger partial charge is 0.508 e. The van der Waals surface area contributed by atoms with Gasteiger partial charge in [0, 0.05) is 13.0 Å². The Bertz CT molecular complexity index is 100. The number of carbonyl (C=O) groups is 1. The molecule has 0 aromatic rings. The fraction of sp³-hybridized carbons (Fsp3) is 0.833. The maximum atomic E-state index is 10.5. The van der Waals surface area contributed by atoms with Crippen molar-refractivity contribution in [2.75, 3.05) is 26.4 Å². The minimum absolute atomic E-state index is 0.291. The van der Waals surface area contributed by atoms with E-state index in [2.05, 4.69) is 9.47 Å². The molecule has 1 aliphatic heterocycles. The van der Waals surface area contributed by atoms with Crippen LogP contribution in [0, 0.1) is 0 Å². The molecule has 0 atom stereocenters. The van der Waals surface area contributed by atoms with Gasteiger partial charge in [0.05, 0.1) is 13.2 Å². The molecule has 0 bridgehead atoms. The van der Waals surface area contributed by atoms with E-state index in [4.69, 9.17) is 4.74 Å². The highest BCUT2D eigenvalue weighted by Gasteiger charge is 2.04. The van der Waals surface area contributed by atoms with Crippen molar-refractivity contribution in [1.29, 1.82) is 0 Å². The van der Waals surface area contributed by atoms with Crippen molar-refractivity contribution in [2.24, 2.45) is 0 Å². The topological polar surface area (TPSA) is 44.8 Å². The molecule has 0 aliphatic carbocycles. The van der Waals surface area contributed by atoms with E-state index in [9.17, 15) is 4.79 Å². The average Bonchev–Trinajstić information content (AvgIpc) is 2.02. The second-order valence-electron chi connectivity index (χ2n) is 1.91. The normalized spacial score (nSPS) is 21.4. The van der Waals surface area contributed by atoms with E-state index >= 15 is 0 Å². The van der Waals surface area contributed by atoms with Crippen LogP contribution in [0.2, 0.25) is 0 Å². The second-order valence-corrected chi connectivity index (χ2v) is 1.91. The van der Waals surface area contributed by atoms with Gasteiger partial charge < -0.3 is 14.2 Å². The van der Waals surface area contributed by atoms with Crippen LogP contribution in [0.3, 0.4) is 0 Å². The molecule has 0 amide bonds. The molecular formula is C6H10O4. The number of hydrogen-bond acceptors (Lipinski definition) is 4. The minimum Gasteiger partial charge on any atom is -0.434 e. The third-order valence-corrected chi connectivity index (χ3v) is 1.10. The van der Waals surface area contributed by atoms with E-state index in [-0.39, 0.29) is 0 Å². The van der Waals surface area contributed by atoms with Gasteiger partial charge in [-0.3, -0.25) is 0 Å². The summed E-state index contributed by atoms with van der Waals surface area (Å²) >= 11 is 0. The Morgan fingerprint density at radius 1 is 1.00 bits per heavy atom. The summed E-state index contributed by atoms with van der Waals surface area (Å²) < 4.78 is 14.2. The van der Waals surface area contributed by atoms with Crippen LogP contribution >= 0.6 is 0 Å². The lowest BCUT2D eigenvalue weighted by Gasteiger charge is -2.00. The summed E-state index contributed by atoms with van der Waals surface area (Å²) in [6.07, 6.45) is 0.153.